The van der Waals surface area contributed by atoms with E-state index in [4.69, 9.17) is 4.74 Å². The van der Waals surface area contributed by atoms with Crippen LogP contribution in [0.4, 0.5) is 0 Å². The monoisotopic (exact) mass is 315 g/mol. The molecule has 1 aromatic carbocycles. The summed E-state index contributed by atoms with van der Waals surface area (Å²) in [4.78, 5) is 14.7. The molecule has 0 aliphatic carbocycles. The summed E-state index contributed by atoms with van der Waals surface area (Å²) < 4.78 is 5.79. The average Bonchev–Trinajstić information content (AvgIpc) is 2.44. The van der Waals surface area contributed by atoms with Gasteiger partial charge in [-0.1, -0.05) is 36.9 Å². The molecule has 0 spiro atoms. The minimum Gasteiger partial charge on any atom is -0.462 e. The van der Waals surface area contributed by atoms with Crippen LogP contribution in [0.2, 0.25) is 0 Å². The Kier molecular flexibility index (Phi) is 5.00. The van der Waals surface area contributed by atoms with Gasteiger partial charge in [-0.05, 0) is 45.9 Å². The molecule has 1 aromatic rings. The van der Waals surface area contributed by atoms with Crippen molar-refractivity contribution < 1.29 is 9.53 Å². The standard InChI is InChI=1S/C20H29NO2/c1-7-15-8-10-16(11-9-15)12-18(22)23-17-13-19(2,3)21(6)20(4,5)14-17/h7-11,17H,1,12-14H2,2-6H3. The number of hydrogen-bond donors (Lipinski definition) is 0. The van der Waals surface area contributed by atoms with E-state index in [1.807, 2.05) is 24.3 Å². The van der Waals surface area contributed by atoms with Crippen LogP contribution < -0.4 is 0 Å². The Labute approximate surface area is 140 Å². The van der Waals surface area contributed by atoms with Crippen LogP contribution in [0.15, 0.2) is 30.8 Å². The van der Waals surface area contributed by atoms with Crippen molar-refractivity contribution in [1.82, 2.24) is 4.90 Å². The van der Waals surface area contributed by atoms with E-state index in [0.29, 0.717) is 6.42 Å². The first-order valence-electron chi connectivity index (χ1n) is 8.29. The highest BCUT2D eigenvalue weighted by molar-refractivity contribution is 5.73. The fourth-order valence-electron chi connectivity index (χ4n) is 3.53. The second-order valence-corrected chi connectivity index (χ2v) is 7.83. The van der Waals surface area contributed by atoms with Crippen LogP contribution in [0.3, 0.4) is 0 Å². The van der Waals surface area contributed by atoms with Crippen molar-refractivity contribution in [3.63, 3.8) is 0 Å². The number of ether oxygens (including phenoxy) is 1. The number of nitrogens with zero attached hydrogens (tertiary/aromatic N) is 1. The molecule has 0 unspecified atom stereocenters. The Balaban J connectivity index is 1.98. The van der Waals surface area contributed by atoms with Gasteiger partial charge in [0.25, 0.3) is 0 Å². The van der Waals surface area contributed by atoms with Crippen molar-refractivity contribution >= 4 is 12.0 Å². The summed E-state index contributed by atoms with van der Waals surface area (Å²) in [5.41, 5.74) is 2.09. The van der Waals surface area contributed by atoms with Crippen LogP contribution in [-0.4, -0.2) is 35.1 Å². The third kappa shape index (κ3) is 4.23. The number of esters is 1. The second kappa shape index (κ2) is 6.48. The van der Waals surface area contributed by atoms with Gasteiger partial charge in [-0.2, -0.15) is 0 Å². The molecule has 0 radical (unpaired) electrons. The molecule has 0 amide bonds. The van der Waals surface area contributed by atoms with Crippen LogP contribution in [-0.2, 0) is 16.0 Å². The predicted molar refractivity (Wildman–Crippen MR) is 95.3 cm³/mol. The quantitative estimate of drug-likeness (QED) is 0.785. The van der Waals surface area contributed by atoms with Crippen LogP contribution in [0, 0.1) is 0 Å². The summed E-state index contributed by atoms with van der Waals surface area (Å²) in [6.07, 6.45) is 3.84. The largest absolute Gasteiger partial charge is 0.462 e. The predicted octanol–water partition coefficient (Wildman–Crippen LogP) is 4.07. The maximum Gasteiger partial charge on any atom is 0.310 e. The summed E-state index contributed by atoms with van der Waals surface area (Å²) in [6.45, 7) is 12.6. The smallest absolute Gasteiger partial charge is 0.310 e. The van der Waals surface area contributed by atoms with E-state index in [2.05, 4.69) is 46.2 Å². The molecular weight excluding hydrogens is 286 g/mol. The summed E-state index contributed by atoms with van der Waals surface area (Å²) in [5, 5.41) is 0. The van der Waals surface area contributed by atoms with Crippen molar-refractivity contribution in [2.75, 3.05) is 7.05 Å². The lowest BCUT2D eigenvalue weighted by atomic mass is 9.79. The summed E-state index contributed by atoms with van der Waals surface area (Å²) in [7, 11) is 2.15. The van der Waals surface area contributed by atoms with Gasteiger partial charge in [-0.3, -0.25) is 9.69 Å². The van der Waals surface area contributed by atoms with E-state index >= 15 is 0 Å². The lowest BCUT2D eigenvalue weighted by molar-refractivity contribution is -0.158. The molecule has 0 saturated carbocycles. The third-order valence-electron chi connectivity index (χ3n) is 5.13. The molecule has 126 valence electrons. The van der Waals surface area contributed by atoms with Crippen LogP contribution >= 0.6 is 0 Å². The van der Waals surface area contributed by atoms with Crippen LogP contribution in [0.5, 0.6) is 0 Å². The van der Waals surface area contributed by atoms with E-state index in [1.54, 1.807) is 6.08 Å². The van der Waals surface area contributed by atoms with E-state index in [9.17, 15) is 4.79 Å². The molecule has 3 heteroatoms. The van der Waals surface area contributed by atoms with Crippen molar-refractivity contribution in [2.45, 2.75) is 64.1 Å². The molecule has 23 heavy (non-hydrogen) atoms. The van der Waals surface area contributed by atoms with Crippen molar-refractivity contribution in [1.29, 1.82) is 0 Å². The molecule has 1 heterocycles. The zero-order chi connectivity index (χ0) is 17.3. The van der Waals surface area contributed by atoms with Crippen molar-refractivity contribution in [2.24, 2.45) is 0 Å². The fourth-order valence-corrected chi connectivity index (χ4v) is 3.53. The van der Waals surface area contributed by atoms with E-state index in [1.165, 1.54) is 0 Å². The molecule has 1 aliphatic heterocycles. The van der Waals surface area contributed by atoms with E-state index < -0.39 is 0 Å². The maximum atomic E-state index is 12.3. The SMILES string of the molecule is C=Cc1ccc(CC(=O)OC2CC(C)(C)N(C)C(C)(C)C2)cc1. The Bertz CT molecular complexity index is 554. The number of hydrogen-bond acceptors (Lipinski definition) is 3. The van der Waals surface area contributed by atoms with Crippen LogP contribution in [0.25, 0.3) is 6.08 Å². The molecule has 3 nitrogen and oxygen atoms in total. The summed E-state index contributed by atoms with van der Waals surface area (Å²) in [5.74, 6) is -0.141. The number of carbonyl (C=O) groups excluding carboxylic acids is 1. The molecule has 0 atom stereocenters. The average molecular weight is 315 g/mol. The van der Waals surface area contributed by atoms with Crippen molar-refractivity contribution in [3.8, 4) is 0 Å². The Morgan fingerprint density at radius 2 is 1.74 bits per heavy atom. The van der Waals surface area contributed by atoms with E-state index in [0.717, 1.165) is 24.0 Å². The number of piperidine rings is 1. The first-order chi connectivity index (χ1) is 10.6. The normalized spacial score (nSPS) is 20.9. The molecule has 0 N–H and O–H groups in total. The Hall–Kier alpha value is -1.61. The van der Waals surface area contributed by atoms with Gasteiger partial charge in [-0.15, -0.1) is 0 Å². The maximum absolute atomic E-state index is 12.3. The highest BCUT2D eigenvalue weighted by atomic mass is 16.5. The van der Waals surface area contributed by atoms with Gasteiger partial charge in [-0.25, -0.2) is 0 Å². The van der Waals surface area contributed by atoms with Gasteiger partial charge in [0.1, 0.15) is 6.10 Å². The van der Waals surface area contributed by atoms with Gasteiger partial charge in [0.05, 0.1) is 6.42 Å². The van der Waals surface area contributed by atoms with E-state index in [-0.39, 0.29) is 23.2 Å². The van der Waals surface area contributed by atoms with Gasteiger partial charge >= 0.3 is 5.97 Å². The first kappa shape index (κ1) is 17.7. The Morgan fingerprint density at radius 3 is 2.22 bits per heavy atom. The zero-order valence-corrected chi connectivity index (χ0v) is 15.1. The van der Waals surface area contributed by atoms with Gasteiger partial charge in [0.2, 0.25) is 0 Å². The zero-order valence-electron chi connectivity index (χ0n) is 15.1. The van der Waals surface area contributed by atoms with Crippen molar-refractivity contribution in [3.05, 3.63) is 42.0 Å². The summed E-state index contributed by atoms with van der Waals surface area (Å²) in [6, 6.07) is 7.86. The number of benzene rings is 1. The summed E-state index contributed by atoms with van der Waals surface area (Å²) >= 11 is 0. The lowest BCUT2D eigenvalue weighted by Crippen LogP contribution is -2.60. The van der Waals surface area contributed by atoms with Gasteiger partial charge < -0.3 is 4.74 Å². The molecular formula is C20H29NO2. The fraction of sp³-hybridized carbons (Fsp3) is 0.550. The number of carbonyl (C=O) groups is 1. The van der Waals surface area contributed by atoms with Gasteiger partial charge in [0.15, 0.2) is 0 Å². The van der Waals surface area contributed by atoms with Crippen LogP contribution in [0.1, 0.15) is 51.7 Å². The molecule has 1 aliphatic rings. The molecule has 1 fully saturated rings. The topological polar surface area (TPSA) is 29.5 Å². The van der Waals surface area contributed by atoms with Gasteiger partial charge in [0, 0.05) is 23.9 Å². The lowest BCUT2D eigenvalue weighted by Gasteiger charge is -2.53. The highest BCUT2D eigenvalue weighted by Crippen LogP contribution is 2.38. The highest BCUT2D eigenvalue weighted by Gasteiger charge is 2.44. The second-order valence-electron chi connectivity index (χ2n) is 7.83. The third-order valence-corrected chi connectivity index (χ3v) is 5.13. The number of likely N-dealkylation sites (tertiary alicyclic amines) is 1. The molecule has 1 saturated heterocycles. The molecule has 0 bridgehead atoms. The number of rotatable bonds is 4. The first-order valence-corrected chi connectivity index (χ1v) is 8.29. The Morgan fingerprint density at radius 1 is 1.22 bits per heavy atom. The molecule has 0 aromatic heterocycles. The molecule has 2 rings (SSSR count). The minimum atomic E-state index is -0.141. The minimum absolute atomic E-state index is 0.0175.